The van der Waals surface area contributed by atoms with E-state index in [1.807, 2.05) is 12.1 Å². The van der Waals surface area contributed by atoms with Crippen LogP contribution in [0, 0.1) is 0 Å². The summed E-state index contributed by atoms with van der Waals surface area (Å²) in [5, 5.41) is 0. The van der Waals surface area contributed by atoms with E-state index in [1.54, 1.807) is 21.3 Å². The smallest absolute Gasteiger partial charge is 0.123 e. The molecular weight excluding hydrogens is 218 g/mol. The zero-order chi connectivity index (χ0) is 12.8. The van der Waals surface area contributed by atoms with E-state index in [0.717, 1.165) is 22.6 Å². The molecule has 0 atom stereocenters. The molecule has 1 aromatic carbocycles. The molecule has 1 N–H and O–H groups in total. The number of hydroxylamine groups is 1. The second kappa shape index (κ2) is 6.47. The molecule has 0 saturated carbocycles. The average molecular weight is 239 g/mol. The Morgan fingerprint density at radius 2 is 1.71 bits per heavy atom. The van der Waals surface area contributed by atoms with E-state index in [9.17, 15) is 0 Å². The fourth-order valence-electron chi connectivity index (χ4n) is 1.72. The lowest BCUT2D eigenvalue weighted by molar-refractivity contribution is 0.0861. The average Bonchev–Trinajstić information content (AvgIpc) is 2.34. The largest absolute Gasteiger partial charge is 0.496 e. The summed E-state index contributed by atoms with van der Waals surface area (Å²) in [6.07, 6.45) is 0. The van der Waals surface area contributed by atoms with Gasteiger partial charge in [-0.2, -0.15) is 5.48 Å². The summed E-state index contributed by atoms with van der Waals surface area (Å²) in [5.41, 5.74) is 4.96. The summed E-state index contributed by atoms with van der Waals surface area (Å²) in [6.45, 7) is 4.84. The van der Waals surface area contributed by atoms with Crippen molar-refractivity contribution >= 4 is 0 Å². The summed E-state index contributed by atoms with van der Waals surface area (Å²) in [6, 6.07) is 4.01. The first-order valence-electron chi connectivity index (χ1n) is 5.64. The molecule has 0 aliphatic rings. The molecule has 0 fully saturated rings. The lowest BCUT2D eigenvalue weighted by Gasteiger charge is -2.17. The molecule has 0 unspecified atom stereocenters. The van der Waals surface area contributed by atoms with Crippen LogP contribution < -0.4 is 15.0 Å². The first-order chi connectivity index (χ1) is 8.13. The van der Waals surface area contributed by atoms with Gasteiger partial charge in [0.25, 0.3) is 0 Å². The first-order valence-corrected chi connectivity index (χ1v) is 5.64. The van der Waals surface area contributed by atoms with Crippen LogP contribution in [0.3, 0.4) is 0 Å². The number of ether oxygens (including phenoxy) is 2. The second-order valence-corrected chi connectivity index (χ2v) is 4.09. The Kier molecular flexibility index (Phi) is 5.25. The molecule has 0 aromatic heterocycles. The Morgan fingerprint density at radius 3 is 2.18 bits per heavy atom. The standard InChI is InChI=1S/C13H21NO3/c1-9(2)11-7-12(15-3)10(8-14-17-5)6-13(11)16-4/h6-7,9,14H,8H2,1-5H3. The molecule has 0 amide bonds. The van der Waals surface area contributed by atoms with Crippen molar-refractivity contribution < 1.29 is 14.3 Å². The number of hydrogen-bond acceptors (Lipinski definition) is 4. The quantitative estimate of drug-likeness (QED) is 0.774. The van der Waals surface area contributed by atoms with Crippen LogP contribution in [0.15, 0.2) is 12.1 Å². The highest BCUT2D eigenvalue weighted by Crippen LogP contribution is 2.33. The van der Waals surface area contributed by atoms with E-state index in [4.69, 9.17) is 14.3 Å². The van der Waals surface area contributed by atoms with Crippen LogP contribution in [0.1, 0.15) is 30.9 Å². The fourth-order valence-corrected chi connectivity index (χ4v) is 1.72. The summed E-state index contributed by atoms with van der Waals surface area (Å²) < 4.78 is 10.8. The third-order valence-corrected chi connectivity index (χ3v) is 2.66. The summed E-state index contributed by atoms with van der Waals surface area (Å²) in [4.78, 5) is 4.85. The lowest BCUT2D eigenvalue weighted by atomic mass is 9.99. The third kappa shape index (κ3) is 3.35. The van der Waals surface area contributed by atoms with E-state index < -0.39 is 0 Å². The van der Waals surface area contributed by atoms with Crippen molar-refractivity contribution in [2.75, 3.05) is 21.3 Å². The van der Waals surface area contributed by atoms with Gasteiger partial charge in [0.1, 0.15) is 11.5 Å². The third-order valence-electron chi connectivity index (χ3n) is 2.66. The Balaban J connectivity index is 3.13. The minimum Gasteiger partial charge on any atom is -0.496 e. The second-order valence-electron chi connectivity index (χ2n) is 4.09. The normalized spacial score (nSPS) is 10.7. The highest BCUT2D eigenvalue weighted by atomic mass is 16.6. The Morgan fingerprint density at radius 1 is 1.06 bits per heavy atom. The molecule has 0 bridgehead atoms. The van der Waals surface area contributed by atoms with Crippen molar-refractivity contribution in [2.24, 2.45) is 0 Å². The van der Waals surface area contributed by atoms with E-state index in [-0.39, 0.29) is 0 Å². The van der Waals surface area contributed by atoms with Crippen LogP contribution in [-0.4, -0.2) is 21.3 Å². The van der Waals surface area contributed by atoms with Gasteiger partial charge in [0.15, 0.2) is 0 Å². The predicted molar refractivity (Wildman–Crippen MR) is 67.5 cm³/mol. The molecule has 1 rings (SSSR count). The molecule has 0 aliphatic carbocycles. The van der Waals surface area contributed by atoms with Gasteiger partial charge in [-0.05, 0) is 18.1 Å². The van der Waals surface area contributed by atoms with Crippen molar-refractivity contribution in [3.05, 3.63) is 23.3 Å². The van der Waals surface area contributed by atoms with Gasteiger partial charge >= 0.3 is 0 Å². The molecule has 0 saturated heterocycles. The molecule has 96 valence electrons. The Bertz CT molecular complexity index is 364. The van der Waals surface area contributed by atoms with Gasteiger partial charge in [-0.1, -0.05) is 13.8 Å². The van der Waals surface area contributed by atoms with Gasteiger partial charge in [0.2, 0.25) is 0 Å². The number of benzene rings is 1. The maximum atomic E-state index is 5.40. The molecule has 0 spiro atoms. The van der Waals surface area contributed by atoms with Gasteiger partial charge in [-0.15, -0.1) is 0 Å². The molecule has 17 heavy (non-hydrogen) atoms. The fraction of sp³-hybridized carbons (Fsp3) is 0.538. The van der Waals surface area contributed by atoms with Gasteiger partial charge in [-0.25, -0.2) is 0 Å². The molecule has 4 nitrogen and oxygen atoms in total. The zero-order valence-corrected chi connectivity index (χ0v) is 11.2. The van der Waals surface area contributed by atoms with Crippen LogP contribution in [0.25, 0.3) is 0 Å². The van der Waals surface area contributed by atoms with Crippen LogP contribution in [-0.2, 0) is 11.4 Å². The minimum absolute atomic E-state index is 0.392. The number of methoxy groups -OCH3 is 2. The molecule has 1 aromatic rings. The SMILES string of the molecule is CONCc1cc(OC)c(C(C)C)cc1OC. The molecule has 0 aliphatic heterocycles. The summed E-state index contributed by atoms with van der Waals surface area (Å²) in [5.74, 6) is 2.12. The topological polar surface area (TPSA) is 39.7 Å². The van der Waals surface area contributed by atoms with Crippen molar-refractivity contribution in [3.63, 3.8) is 0 Å². The van der Waals surface area contributed by atoms with Crippen molar-refractivity contribution in [2.45, 2.75) is 26.3 Å². The van der Waals surface area contributed by atoms with Crippen LogP contribution in [0.5, 0.6) is 11.5 Å². The highest BCUT2D eigenvalue weighted by Gasteiger charge is 2.13. The molecule has 4 heteroatoms. The molecule has 0 radical (unpaired) electrons. The summed E-state index contributed by atoms with van der Waals surface area (Å²) >= 11 is 0. The monoisotopic (exact) mass is 239 g/mol. The van der Waals surface area contributed by atoms with Crippen molar-refractivity contribution in [1.82, 2.24) is 5.48 Å². The predicted octanol–water partition coefficient (Wildman–Crippen LogP) is 2.48. The maximum Gasteiger partial charge on any atom is 0.123 e. The van der Waals surface area contributed by atoms with E-state index in [1.165, 1.54) is 0 Å². The molecule has 0 heterocycles. The zero-order valence-electron chi connectivity index (χ0n) is 11.2. The number of nitrogens with one attached hydrogen (secondary N) is 1. The lowest BCUT2D eigenvalue weighted by Crippen LogP contribution is -2.12. The van der Waals surface area contributed by atoms with Gasteiger partial charge in [0, 0.05) is 17.7 Å². The van der Waals surface area contributed by atoms with E-state index >= 15 is 0 Å². The van der Waals surface area contributed by atoms with E-state index in [2.05, 4.69) is 19.3 Å². The number of hydrogen-bond donors (Lipinski definition) is 1. The Labute approximate surface area is 103 Å². The van der Waals surface area contributed by atoms with Gasteiger partial charge in [-0.3, -0.25) is 0 Å². The van der Waals surface area contributed by atoms with Gasteiger partial charge in [0.05, 0.1) is 21.3 Å². The van der Waals surface area contributed by atoms with Crippen molar-refractivity contribution in [1.29, 1.82) is 0 Å². The minimum atomic E-state index is 0.392. The van der Waals surface area contributed by atoms with Gasteiger partial charge < -0.3 is 14.3 Å². The van der Waals surface area contributed by atoms with Crippen molar-refractivity contribution in [3.8, 4) is 11.5 Å². The van der Waals surface area contributed by atoms with E-state index in [0.29, 0.717) is 12.5 Å². The molecular formula is C13H21NO3. The highest BCUT2D eigenvalue weighted by molar-refractivity contribution is 5.47. The van der Waals surface area contributed by atoms with Crippen LogP contribution >= 0.6 is 0 Å². The van der Waals surface area contributed by atoms with Crippen LogP contribution in [0.2, 0.25) is 0 Å². The number of rotatable bonds is 6. The first kappa shape index (κ1) is 13.8. The summed E-state index contributed by atoms with van der Waals surface area (Å²) in [7, 11) is 4.94. The maximum absolute atomic E-state index is 5.40. The van der Waals surface area contributed by atoms with Crippen LogP contribution in [0.4, 0.5) is 0 Å². The Hall–Kier alpha value is -1.26.